The van der Waals surface area contributed by atoms with E-state index in [1.54, 1.807) is 0 Å². The Hall–Kier alpha value is -2.05. The third-order valence-electron chi connectivity index (χ3n) is 4.48. The lowest BCUT2D eigenvalue weighted by atomic mass is 10.1. The first-order valence-electron chi connectivity index (χ1n) is 8.20. The van der Waals surface area contributed by atoms with E-state index in [-0.39, 0.29) is 17.9 Å². The Bertz CT molecular complexity index is 633. The van der Waals surface area contributed by atoms with Crippen LogP contribution in [0, 0.1) is 0 Å². The van der Waals surface area contributed by atoms with Gasteiger partial charge in [0.1, 0.15) is 0 Å². The van der Waals surface area contributed by atoms with Crippen molar-refractivity contribution in [1.82, 2.24) is 10.6 Å². The Labute approximate surface area is 141 Å². The molecule has 2 aromatic carbocycles. The Morgan fingerprint density at radius 3 is 1.58 bits per heavy atom. The number of ketones is 1. The molecule has 0 aliphatic carbocycles. The van der Waals surface area contributed by atoms with E-state index in [4.69, 9.17) is 9.47 Å². The largest absolute Gasteiger partial charge is 0.354 e. The van der Waals surface area contributed by atoms with E-state index >= 15 is 0 Å². The molecule has 2 saturated heterocycles. The normalized spacial score (nSPS) is 29.7. The molecule has 2 heterocycles. The van der Waals surface area contributed by atoms with E-state index < -0.39 is 12.5 Å². The molecule has 2 N–H and O–H groups in total. The Morgan fingerprint density at radius 2 is 1.17 bits per heavy atom. The van der Waals surface area contributed by atoms with Gasteiger partial charge in [0.2, 0.25) is 5.78 Å². The molecule has 2 fully saturated rings. The van der Waals surface area contributed by atoms with Gasteiger partial charge in [0.25, 0.3) is 0 Å². The van der Waals surface area contributed by atoms with Crippen LogP contribution in [0.3, 0.4) is 0 Å². The summed E-state index contributed by atoms with van der Waals surface area (Å²) in [6.07, 6.45) is -1.27. The number of rotatable bonds is 4. The van der Waals surface area contributed by atoms with Crippen LogP contribution >= 0.6 is 0 Å². The van der Waals surface area contributed by atoms with Crippen molar-refractivity contribution in [2.75, 3.05) is 13.2 Å². The maximum absolute atomic E-state index is 12.6. The van der Waals surface area contributed by atoms with Crippen molar-refractivity contribution < 1.29 is 14.3 Å². The van der Waals surface area contributed by atoms with E-state index in [1.165, 1.54) is 0 Å². The highest BCUT2D eigenvalue weighted by atomic mass is 16.5. The number of hydrogen-bond donors (Lipinski definition) is 2. The van der Waals surface area contributed by atoms with Crippen molar-refractivity contribution in [3.63, 3.8) is 0 Å². The molecule has 2 aliphatic heterocycles. The second-order valence-electron chi connectivity index (χ2n) is 6.09. The lowest BCUT2D eigenvalue weighted by Gasteiger charge is -2.16. The Kier molecular flexibility index (Phi) is 4.40. The van der Waals surface area contributed by atoms with E-state index in [2.05, 4.69) is 10.6 Å². The number of nitrogens with one attached hydrogen (secondary N) is 2. The summed E-state index contributed by atoms with van der Waals surface area (Å²) in [5, 5.41) is 6.49. The molecule has 5 heteroatoms. The van der Waals surface area contributed by atoms with Gasteiger partial charge in [-0.15, -0.1) is 0 Å². The molecule has 0 amide bonds. The minimum Gasteiger partial charge on any atom is -0.354 e. The van der Waals surface area contributed by atoms with Gasteiger partial charge in [-0.2, -0.15) is 0 Å². The molecule has 0 saturated carbocycles. The van der Waals surface area contributed by atoms with Crippen molar-refractivity contribution in [2.24, 2.45) is 0 Å². The standard InChI is InChI=1S/C19H20N2O3/c22-17(18-20-15(11-23-18)13-7-3-1-4-8-13)19-21-16(12-24-19)14-9-5-2-6-10-14/h1-10,15-16,18-21H,11-12H2. The van der Waals surface area contributed by atoms with E-state index in [0.29, 0.717) is 13.2 Å². The van der Waals surface area contributed by atoms with Crippen LogP contribution in [-0.4, -0.2) is 31.5 Å². The van der Waals surface area contributed by atoms with Gasteiger partial charge in [0, 0.05) is 0 Å². The molecule has 5 nitrogen and oxygen atoms in total. The second-order valence-corrected chi connectivity index (χ2v) is 6.09. The molecule has 4 rings (SSSR count). The summed E-state index contributed by atoms with van der Waals surface area (Å²) in [6, 6.07) is 20.1. The summed E-state index contributed by atoms with van der Waals surface area (Å²) < 4.78 is 11.3. The third-order valence-corrected chi connectivity index (χ3v) is 4.48. The molecule has 124 valence electrons. The van der Waals surface area contributed by atoms with Crippen LogP contribution in [0.2, 0.25) is 0 Å². The zero-order valence-electron chi connectivity index (χ0n) is 13.2. The predicted octanol–water partition coefficient (Wildman–Crippen LogP) is 1.93. The van der Waals surface area contributed by atoms with Gasteiger partial charge in [-0.3, -0.25) is 15.4 Å². The number of benzene rings is 2. The highest BCUT2D eigenvalue weighted by Gasteiger charge is 2.39. The van der Waals surface area contributed by atoms with Crippen molar-refractivity contribution in [2.45, 2.75) is 24.5 Å². The molecule has 24 heavy (non-hydrogen) atoms. The van der Waals surface area contributed by atoms with Crippen molar-refractivity contribution in [3.05, 3.63) is 71.8 Å². The summed E-state index contributed by atoms with van der Waals surface area (Å²) >= 11 is 0. The minimum atomic E-state index is -0.637. The van der Waals surface area contributed by atoms with Crippen LogP contribution in [0.25, 0.3) is 0 Å². The topological polar surface area (TPSA) is 59.6 Å². The Morgan fingerprint density at radius 1 is 0.750 bits per heavy atom. The number of ether oxygens (including phenoxy) is 2. The molecule has 0 bridgehead atoms. The monoisotopic (exact) mass is 324 g/mol. The second kappa shape index (κ2) is 6.83. The maximum Gasteiger partial charge on any atom is 0.219 e. The van der Waals surface area contributed by atoms with Gasteiger partial charge >= 0.3 is 0 Å². The number of carbonyl (C=O) groups is 1. The Balaban J connectivity index is 1.37. The highest BCUT2D eigenvalue weighted by Crippen LogP contribution is 2.24. The first-order chi connectivity index (χ1) is 11.8. The fourth-order valence-corrected chi connectivity index (χ4v) is 3.16. The summed E-state index contributed by atoms with van der Waals surface area (Å²) in [5.74, 6) is -0.105. The fraction of sp³-hybridized carbons (Fsp3) is 0.316. The molecule has 4 atom stereocenters. The van der Waals surface area contributed by atoms with Crippen molar-refractivity contribution in [3.8, 4) is 0 Å². The summed E-state index contributed by atoms with van der Waals surface area (Å²) in [5.41, 5.74) is 2.24. The van der Waals surface area contributed by atoms with Crippen molar-refractivity contribution in [1.29, 1.82) is 0 Å². The third kappa shape index (κ3) is 3.12. The summed E-state index contributed by atoms with van der Waals surface area (Å²) in [6.45, 7) is 0.963. The zero-order chi connectivity index (χ0) is 16.4. The van der Waals surface area contributed by atoms with Crippen LogP contribution in [0.5, 0.6) is 0 Å². The molecule has 2 aliphatic rings. The van der Waals surface area contributed by atoms with Gasteiger partial charge < -0.3 is 9.47 Å². The lowest BCUT2D eigenvalue weighted by molar-refractivity contribution is -0.139. The molecule has 2 aromatic rings. The van der Waals surface area contributed by atoms with Crippen LogP contribution in [0.4, 0.5) is 0 Å². The smallest absolute Gasteiger partial charge is 0.219 e. The van der Waals surface area contributed by atoms with Crippen LogP contribution in [-0.2, 0) is 14.3 Å². The molecule has 0 aromatic heterocycles. The first-order valence-corrected chi connectivity index (χ1v) is 8.20. The summed E-state index contributed by atoms with van der Waals surface area (Å²) in [7, 11) is 0. The molecule has 4 unspecified atom stereocenters. The molecule has 0 radical (unpaired) electrons. The quantitative estimate of drug-likeness (QED) is 0.900. The average molecular weight is 324 g/mol. The van der Waals surface area contributed by atoms with Crippen molar-refractivity contribution >= 4 is 5.78 Å². The van der Waals surface area contributed by atoms with Gasteiger partial charge in [0.05, 0.1) is 25.3 Å². The SMILES string of the molecule is O=C(C1NC(c2ccccc2)CO1)C1NC(c2ccccc2)CO1. The molecule has 0 spiro atoms. The van der Waals surface area contributed by atoms with Crippen LogP contribution in [0.1, 0.15) is 23.2 Å². The van der Waals surface area contributed by atoms with Crippen LogP contribution in [0.15, 0.2) is 60.7 Å². The number of carbonyl (C=O) groups excluding carboxylic acids is 1. The number of hydrogen-bond acceptors (Lipinski definition) is 5. The highest BCUT2D eigenvalue weighted by molar-refractivity contribution is 5.87. The minimum absolute atomic E-state index is 0.0338. The fourth-order valence-electron chi connectivity index (χ4n) is 3.16. The van der Waals surface area contributed by atoms with Gasteiger partial charge in [-0.25, -0.2) is 0 Å². The van der Waals surface area contributed by atoms with E-state index in [0.717, 1.165) is 11.1 Å². The van der Waals surface area contributed by atoms with Gasteiger partial charge in [-0.05, 0) is 11.1 Å². The maximum atomic E-state index is 12.6. The molecular weight excluding hydrogens is 304 g/mol. The first kappa shape index (κ1) is 15.5. The predicted molar refractivity (Wildman–Crippen MR) is 89.1 cm³/mol. The van der Waals surface area contributed by atoms with Gasteiger partial charge in [-0.1, -0.05) is 60.7 Å². The van der Waals surface area contributed by atoms with Gasteiger partial charge in [0.15, 0.2) is 12.5 Å². The van der Waals surface area contributed by atoms with E-state index in [9.17, 15) is 4.79 Å². The summed E-state index contributed by atoms with van der Waals surface area (Å²) in [4.78, 5) is 12.6. The lowest BCUT2D eigenvalue weighted by Crippen LogP contribution is -2.45. The van der Waals surface area contributed by atoms with Crippen LogP contribution < -0.4 is 10.6 Å². The average Bonchev–Trinajstić information content (AvgIpc) is 3.33. The molecular formula is C19H20N2O3. The number of Topliss-reactive ketones (excluding diaryl/α,β-unsaturated/α-hetero) is 1. The zero-order valence-corrected chi connectivity index (χ0v) is 13.2. The van der Waals surface area contributed by atoms with E-state index in [1.807, 2.05) is 60.7 Å².